The molecule has 0 spiro atoms. The first-order valence-corrected chi connectivity index (χ1v) is 7.36. The minimum absolute atomic E-state index is 0.143. The second kappa shape index (κ2) is 5.74. The molecule has 1 fully saturated rings. The van der Waals surface area contributed by atoms with Crippen molar-refractivity contribution in [3.8, 4) is 0 Å². The molecule has 1 aliphatic rings. The van der Waals surface area contributed by atoms with Crippen LogP contribution in [0.5, 0.6) is 0 Å². The summed E-state index contributed by atoms with van der Waals surface area (Å²) in [6.07, 6.45) is 7.78. The molecule has 2 atom stereocenters. The maximum atomic E-state index is 10.2. The molecule has 0 amide bonds. The van der Waals surface area contributed by atoms with Crippen LogP contribution in [-0.2, 0) is 0 Å². The molecule has 0 unspecified atom stereocenters. The van der Waals surface area contributed by atoms with Gasteiger partial charge in [-0.1, -0.05) is 37.5 Å². The standard InChI is InChI=1S/C14H20OS/c1-16-14-10-6-5-8-12(14)11-7-3-2-4-9-13(11)15/h5-6,8,10-11,13,15H,2-4,7,9H2,1H3/t11-,13+/m1/s1. The monoisotopic (exact) mass is 236 g/mol. The van der Waals surface area contributed by atoms with Crippen LogP contribution in [0.25, 0.3) is 0 Å². The Hall–Kier alpha value is -0.470. The fraction of sp³-hybridized carbons (Fsp3) is 0.571. The minimum atomic E-state index is -0.143. The second-order valence-corrected chi connectivity index (χ2v) is 5.40. The van der Waals surface area contributed by atoms with E-state index in [1.807, 2.05) is 0 Å². The normalized spacial score (nSPS) is 26.4. The summed E-state index contributed by atoms with van der Waals surface area (Å²) in [4.78, 5) is 1.33. The van der Waals surface area contributed by atoms with Gasteiger partial charge in [-0.05, 0) is 30.7 Å². The van der Waals surface area contributed by atoms with Crippen molar-refractivity contribution in [2.24, 2.45) is 0 Å². The Morgan fingerprint density at radius 3 is 2.69 bits per heavy atom. The summed E-state index contributed by atoms with van der Waals surface area (Å²) in [5, 5.41) is 10.2. The van der Waals surface area contributed by atoms with E-state index < -0.39 is 0 Å². The number of benzene rings is 1. The zero-order valence-electron chi connectivity index (χ0n) is 9.86. The molecule has 1 nitrogen and oxygen atoms in total. The number of aliphatic hydroxyl groups is 1. The molecule has 1 N–H and O–H groups in total. The van der Waals surface area contributed by atoms with Gasteiger partial charge in [0.15, 0.2) is 0 Å². The summed E-state index contributed by atoms with van der Waals surface area (Å²) in [5.41, 5.74) is 1.35. The molecular weight excluding hydrogens is 216 g/mol. The molecule has 0 radical (unpaired) electrons. The first-order valence-electron chi connectivity index (χ1n) is 6.14. The summed E-state index contributed by atoms with van der Waals surface area (Å²) in [6.45, 7) is 0. The molecule has 88 valence electrons. The first kappa shape index (κ1) is 12.0. The van der Waals surface area contributed by atoms with Gasteiger partial charge in [0.05, 0.1) is 6.10 Å². The number of hydrogen-bond donors (Lipinski definition) is 1. The highest BCUT2D eigenvalue weighted by atomic mass is 32.2. The van der Waals surface area contributed by atoms with E-state index in [4.69, 9.17) is 0 Å². The van der Waals surface area contributed by atoms with Crippen molar-refractivity contribution < 1.29 is 5.11 Å². The Kier molecular flexibility index (Phi) is 4.30. The van der Waals surface area contributed by atoms with Gasteiger partial charge in [-0.25, -0.2) is 0 Å². The van der Waals surface area contributed by atoms with Crippen LogP contribution >= 0.6 is 11.8 Å². The smallest absolute Gasteiger partial charge is 0.0609 e. The summed E-state index contributed by atoms with van der Waals surface area (Å²) in [7, 11) is 0. The maximum Gasteiger partial charge on any atom is 0.0609 e. The van der Waals surface area contributed by atoms with Crippen LogP contribution in [-0.4, -0.2) is 17.5 Å². The van der Waals surface area contributed by atoms with Gasteiger partial charge in [0.25, 0.3) is 0 Å². The maximum absolute atomic E-state index is 10.2. The minimum Gasteiger partial charge on any atom is -0.392 e. The fourth-order valence-electron chi connectivity index (χ4n) is 2.62. The van der Waals surface area contributed by atoms with Crippen LogP contribution in [0.4, 0.5) is 0 Å². The zero-order valence-corrected chi connectivity index (χ0v) is 10.7. The SMILES string of the molecule is CSc1ccccc1[C@H]1CCCCC[C@@H]1O. The predicted molar refractivity (Wildman–Crippen MR) is 70.1 cm³/mol. The molecule has 0 saturated heterocycles. The van der Waals surface area contributed by atoms with Crippen molar-refractivity contribution in [1.29, 1.82) is 0 Å². The Balaban J connectivity index is 2.26. The molecule has 2 heteroatoms. The molecule has 0 heterocycles. The zero-order chi connectivity index (χ0) is 11.4. The average molecular weight is 236 g/mol. The van der Waals surface area contributed by atoms with Gasteiger partial charge >= 0.3 is 0 Å². The number of hydrogen-bond acceptors (Lipinski definition) is 2. The van der Waals surface area contributed by atoms with Crippen LogP contribution in [0.3, 0.4) is 0 Å². The van der Waals surface area contributed by atoms with Crippen molar-refractivity contribution in [2.75, 3.05) is 6.26 Å². The Morgan fingerprint density at radius 2 is 1.88 bits per heavy atom. The van der Waals surface area contributed by atoms with Crippen molar-refractivity contribution in [1.82, 2.24) is 0 Å². The van der Waals surface area contributed by atoms with Crippen LogP contribution in [0.2, 0.25) is 0 Å². The van der Waals surface area contributed by atoms with E-state index in [-0.39, 0.29) is 6.10 Å². The van der Waals surface area contributed by atoms with E-state index in [1.165, 1.54) is 29.7 Å². The second-order valence-electron chi connectivity index (χ2n) is 4.55. The van der Waals surface area contributed by atoms with Crippen molar-refractivity contribution in [3.63, 3.8) is 0 Å². The summed E-state index contributed by atoms with van der Waals surface area (Å²) in [5.74, 6) is 0.353. The summed E-state index contributed by atoms with van der Waals surface area (Å²) in [6, 6.07) is 8.52. The fourth-order valence-corrected chi connectivity index (χ4v) is 3.29. The van der Waals surface area contributed by atoms with Gasteiger partial charge in [0.1, 0.15) is 0 Å². The van der Waals surface area contributed by atoms with E-state index >= 15 is 0 Å². The van der Waals surface area contributed by atoms with Crippen LogP contribution in [0.15, 0.2) is 29.2 Å². The summed E-state index contributed by atoms with van der Waals surface area (Å²) >= 11 is 1.79. The Labute approximate surface area is 102 Å². The average Bonchev–Trinajstić information content (AvgIpc) is 2.54. The third-order valence-electron chi connectivity index (χ3n) is 3.52. The van der Waals surface area contributed by atoms with Crippen LogP contribution in [0.1, 0.15) is 43.6 Å². The lowest BCUT2D eigenvalue weighted by Gasteiger charge is -2.22. The Morgan fingerprint density at radius 1 is 1.12 bits per heavy atom. The highest BCUT2D eigenvalue weighted by molar-refractivity contribution is 7.98. The number of aliphatic hydroxyl groups excluding tert-OH is 1. The van der Waals surface area contributed by atoms with E-state index in [2.05, 4.69) is 30.5 Å². The molecule has 0 bridgehead atoms. The molecule has 1 aromatic carbocycles. The van der Waals surface area contributed by atoms with Crippen molar-refractivity contribution in [3.05, 3.63) is 29.8 Å². The van der Waals surface area contributed by atoms with Crippen molar-refractivity contribution in [2.45, 2.75) is 49.0 Å². The largest absolute Gasteiger partial charge is 0.392 e. The van der Waals surface area contributed by atoms with Gasteiger partial charge in [0, 0.05) is 10.8 Å². The third-order valence-corrected chi connectivity index (χ3v) is 4.33. The molecule has 0 aliphatic heterocycles. The predicted octanol–water partition coefficient (Wildman–Crippen LogP) is 3.82. The van der Waals surface area contributed by atoms with E-state index in [0.29, 0.717) is 5.92 Å². The molecule has 1 aromatic rings. The van der Waals surface area contributed by atoms with E-state index in [1.54, 1.807) is 11.8 Å². The van der Waals surface area contributed by atoms with Gasteiger partial charge in [0.2, 0.25) is 0 Å². The molecule has 16 heavy (non-hydrogen) atoms. The lowest BCUT2D eigenvalue weighted by atomic mass is 9.89. The quantitative estimate of drug-likeness (QED) is 0.622. The molecule has 1 saturated carbocycles. The highest BCUT2D eigenvalue weighted by Gasteiger charge is 2.24. The van der Waals surface area contributed by atoms with E-state index in [9.17, 15) is 5.11 Å². The molecule has 0 aromatic heterocycles. The summed E-state index contributed by atoms with van der Waals surface area (Å²) < 4.78 is 0. The molecular formula is C14H20OS. The number of thioether (sulfide) groups is 1. The molecule has 1 aliphatic carbocycles. The van der Waals surface area contributed by atoms with Gasteiger partial charge in [-0.15, -0.1) is 11.8 Å². The lowest BCUT2D eigenvalue weighted by Crippen LogP contribution is -2.17. The number of rotatable bonds is 2. The molecule has 2 rings (SSSR count). The van der Waals surface area contributed by atoms with Crippen LogP contribution < -0.4 is 0 Å². The Bertz CT molecular complexity index is 337. The lowest BCUT2D eigenvalue weighted by molar-refractivity contribution is 0.134. The van der Waals surface area contributed by atoms with Gasteiger partial charge in [-0.3, -0.25) is 0 Å². The van der Waals surface area contributed by atoms with Crippen LogP contribution in [0, 0.1) is 0 Å². The van der Waals surface area contributed by atoms with Crippen molar-refractivity contribution >= 4 is 11.8 Å². The van der Waals surface area contributed by atoms with Gasteiger partial charge < -0.3 is 5.11 Å². The van der Waals surface area contributed by atoms with Gasteiger partial charge in [-0.2, -0.15) is 0 Å². The highest BCUT2D eigenvalue weighted by Crippen LogP contribution is 2.36. The van der Waals surface area contributed by atoms with E-state index in [0.717, 1.165) is 12.8 Å². The topological polar surface area (TPSA) is 20.2 Å². The first-order chi connectivity index (χ1) is 7.83. The third kappa shape index (κ3) is 2.61.